The van der Waals surface area contributed by atoms with Gasteiger partial charge in [-0.15, -0.1) is 0 Å². The molecule has 0 atom stereocenters. The molecule has 0 bridgehead atoms. The monoisotopic (exact) mass is 603 g/mol. The summed E-state index contributed by atoms with van der Waals surface area (Å²) in [5, 5.41) is 0. The Morgan fingerprint density at radius 2 is 1.46 bits per heavy atom. The fourth-order valence-corrected chi connectivity index (χ4v) is 5.55. The molecule has 0 spiro atoms. The van der Waals surface area contributed by atoms with Crippen molar-refractivity contribution in [2.75, 3.05) is 23.0 Å². The lowest BCUT2D eigenvalue weighted by Crippen LogP contribution is -2.36. The van der Waals surface area contributed by atoms with E-state index in [-0.39, 0.29) is 24.3 Å². The van der Waals surface area contributed by atoms with Crippen molar-refractivity contribution in [2.24, 2.45) is 0 Å². The molecule has 2 N–H and O–H groups in total. The third kappa shape index (κ3) is 7.85. The zero-order valence-corrected chi connectivity index (χ0v) is 25.1. The molecule has 0 unspecified atom stereocenters. The van der Waals surface area contributed by atoms with E-state index >= 15 is 0 Å². The van der Waals surface area contributed by atoms with Crippen molar-refractivity contribution in [3.05, 3.63) is 82.6 Å². The Kier molecular flexibility index (Phi) is 9.07. The average Bonchev–Trinajstić information content (AvgIpc) is 3.35. The van der Waals surface area contributed by atoms with Gasteiger partial charge in [-0.2, -0.15) is 21.4 Å². The molecule has 3 aromatic rings. The maximum atomic E-state index is 11.2. The van der Waals surface area contributed by atoms with Crippen LogP contribution in [0.1, 0.15) is 41.0 Å². The van der Waals surface area contributed by atoms with Crippen molar-refractivity contribution in [2.45, 2.75) is 47.1 Å². The molecule has 2 heterocycles. The van der Waals surface area contributed by atoms with Gasteiger partial charge >= 0.3 is 5.89 Å². The second-order valence-corrected chi connectivity index (χ2v) is 13.3. The van der Waals surface area contributed by atoms with Crippen LogP contribution in [0, 0.1) is 27.7 Å². The fraction of sp³-hybridized carbons (Fsp3) is 0.345. The summed E-state index contributed by atoms with van der Waals surface area (Å²) in [7, 11) is -8.14. The molecule has 0 fully saturated rings. The normalized spacial score (nSPS) is 15.1. The molecule has 1 aliphatic rings. The first-order chi connectivity index (χ1) is 19.2. The molecule has 220 valence electrons. The van der Waals surface area contributed by atoms with Crippen molar-refractivity contribution < 1.29 is 39.7 Å². The van der Waals surface area contributed by atoms with Gasteiger partial charge in [0.15, 0.2) is 12.3 Å². The molecule has 0 aliphatic carbocycles. The summed E-state index contributed by atoms with van der Waals surface area (Å²) in [5.41, 5.74) is 6.63. The average molecular weight is 604 g/mol. The van der Waals surface area contributed by atoms with Crippen molar-refractivity contribution in [3.8, 4) is 5.75 Å². The van der Waals surface area contributed by atoms with E-state index in [9.17, 15) is 16.8 Å². The zero-order valence-electron chi connectivity index (χ0n) is 23.5. The van der Waals surface area contributed by atoms with Crippen molar-refractivity contribution in [3.63, 3.8) is 0 Å². The Balaban J connectivity index is 1.56. The maximum absolute atomic E-state index is 11.2. The molecule has 12 heteroatoms. The van der Waals surface area contributed by atoms with Crippen LogP contribution in [0.25, 0.3) is 17.2 Å². The molecule has 41 heavy (non-hydrogen) atoms. The first kappa shape index (κ1) is 30.5. The topological polar surface area (TPSA) is 138 Å². The zero-order chi connectivity index (χ0) is 29.9. The minimum absolute atomic E-state index is 0.220. The number of benzene rings is 2. The van der Waals surface area contributed by atoms with Gasteiger partial charge in [-0.1, -0.05) is 18.2 Å². The van der Waals surface area contributed by atoms with Crippen LogP contribution < -0.4 is 14.2 Å². The van der Waals surface area contributed by atoms with Gasteiger partial charge in [0, 0.05) is 19.0 Å². The number of nitrogens with zero attached hydrogens (tertiary/aromatic N) is 2. The van der Waals surface area contributed by atoms with Crippen LogP contribution in [0.3, 0.4) is 0 Å². The summed E-state index contributed by atoms with van der Waals surface area (Å²) in [6.07, 6.45) is 9.34. The highest BCUT2D eigenvalue weighted by atomic mass is 32.2. The third-order valence-electron chi connectivity index (χ3n) is 6.96. The predicted molar refractivity (Wildman–Crippen MR) is 158 cm³/mol. The second kappa shape index (κ2) is 12.2. The highest BCUT2D eigenvalue weighted by molar-refractivity contribution is 7.86. The molecule has 10 nitrogen and oxygen atoms in total. The largest absolute Gasteiger partial charge is 0.439 e. The molecule has 4 rings (SSSR count). The number of fused-ring (bicyclic) bond motifs is 2. The van der Waals surface area contributed by atoms with Gasteiger partial charge in [0.25, 0.3) is 25.8 Å². The Hall–Kier alpha value is -3.45. The third-order valence-corrected chi connectivity index (χ3v) is 8.57. The van der Waals surface area contributed by atoms with E-state index < -0.39 is 20.2 Å². The molecule has 0 amide bonds. The molecule has 1 aliphatic heterocycles. The van der Waals surface area contributed by atoms with E-state index in [1.165, 1.54) is 0 Å². The van der Waals surface area contributed by atoms with E-state index in [4.69, 9.17) is 18.3 Å². The first-order valence-electron chi connectivity index (χ1n) is 13.2. The summed E-state index contributed by atoms with van der Waals surface area (Å²) >= 11 is 0. The van der Waals surface area contributed by atoms with Gasteiger partial charge in [-0.05, 0) is 80.6 Å². The SMILES string of the molecule is Cc1cc2c(cc1C)N(CCCS(=O)(=O)O)\C(=C/C=C/C=C/c1oc3cc(C)c(C)cc3[n+]1CCCS(=O)(=O)O)O2. The Bertz CT molecular complexity index is 1770. The van der Waals surface area contributed by atoms with E-state index in [2.05, 4.69) is 0 Å². The predicted octanol–water partition coefficient (Wildman–Crippen LogP) is 4.82. The highest BCUT2D eigenvalue weighted by Crippen LogP contribution is 2.40. The summed E-state index contributed by atoms with van der Waals surface area (Å²) in [6, 6.07) is 7.87. The Morgan fingerprint density at radius 3 is 2.17 bits per heavy atom. The smallest absolute Gasteiger partial charge is 0.374 e. The van der Waals surface area contributed by atoms with Crippen LogP contribution in [0.15, 0.2) is 58.9 Å². The van der Waals surface area contributed by atoms with Crippen LogP contribution >= 0.6 is 0 Å². The van der Waals surface area contributed by atoms with E-state index in [0.29, 0.717) is 36.2 Å². The van der Waals surface area contributed by atoms with Gasteiger partial charge in [-0.3, -0.25) is 9.11 Å². The summed E-state index contributed by atoms with van der Waals surface area (Å²) in [5.74, 6) is 1.03. The lowest BCUT2D eigenvalue weighted by Gasteiger charge is -2.18. The maximum Gasteiger partial charge on any atom is 0.374 e. The lowest BCUT2D eigenvalue weighted by molar-refractivity contribution is -0.677. The number of oxazole rings is 1. The van der Waals surface area contributed by atoms with Crippen molar-refractivity contribution in [1.29, 1.82) is 0 Å². The quantitative estimate of drug-likeness (QED) is 0.179. The molecule has 0 saturated heterocycles. The number of aryl methyl sites for hydroxylation is 5. The van der Waals surface area contributed by atoms with Crippen molar-refractivity contribution >= 4 is 43.1 Å². The van der Waals surface area contributed by atoms with Gasteiger partial charge in [0.05, 0.1) is 23.3 Å². The summed E-state index contributed by atoms with van der Waals surface area (Å²) < 4.78 is 77.2. The van der Waals surface area contributed by atoms with Crippen LogP contribution in [-0.2, 0) is 26.8 Å². The Labute approximate surface area is 240 Å². The van der Waals surface area contributed by atoms with E-state index in [1.54, 1.807) is 30.4 Å². The lowest BCUT2D eigenvalue weighted by atomic mass is 10.1. The van der Waals surface area contributed by atoms with Crippen LogP contribution in [0.4, 0.5) is 5.69 Å². The molecule has 0 radical (unpaired) electrons. The van der Waals surface area contributed by atoms with Crippen molar-refractivity contribution in [1.82, 2.24) is 0 Å². The van der Waals surface area contributed by atoms with Gasteiger partial charge < -0.3 is 14.1 Å². The van der Waals surface area contributed by atoms with Gasteiger partial charge in [0.1, 0.15) is 0 Å². The van der Waals surface area contributed by atoms with Crippen LogP contribution in [0.2, 0.25) is 0 Å². The number of aromatic nitrogens is 1. The second-order valence-electron chi connectivity index (χ2n) is 10.2. The van der Waals surface area contributed by atoms with Gasteiger partial charge in [0.2, 0.25) is 11.5 Å². The summed E-state index contributed by atoms with van der Waals surface area (Å²) in [6.45, 7) is 8.65. The summed E-state index contributed by atoms with van der Waals surface area (Å²) in [4.78, 5) is 1.88. The Morgan fingerprint density at radius 1 is 0.829 bits per heavy atom. The van der Waals surface area contributed by atoms with E-state index in [0.717, 1.165) is 33.5 Å². The van der Waals surface area contributed by atoms with E-state index in [1.807, 2.05) is 61.4 Å². The highest BCUT2D eigenvalue weighted by Gasteiger charge is 2.27. The number of anilines is 1. The number of hydrogen-bond acceptors (Lipinski definition) is 7. The molecule has 0 saturated carbocycles. The number of rotatable bonds is 11. The minimum Gasteiger partial charge on any atom is -0.439 e. The first-order valence-corrected chi connectivity index (χ1v) is 16.4. The fourth-order valence-electron chi connectivity index (χ4n) is 4.57. The van der Waals surface area contributed by atoms with Gasteiger partial charge in [-0.25, -0.2) is 0 Å². The molecular weight excluding hydrogens is 568 g/mol. The standard InChI is InChI=1S/C29H34N2O8S2/c1-20-16-24-26(18-22(20)3)38-28(30(24)12-8-14-40(32,33)34)10-6-5-7-11-29-31(13-9-15-41(35,36)37)25-17-21(2)23(4)19-27(25)39-29/h5-7,10-11,16-19H,8-9,12-15H2,1-4H3,(H-,32,33,34,35,36,37)/p+1. The number of allylic oxidation sites excluding steroid dienone is 4. The number of hydrogen-bond donors (Lipinski definition) is 2. The van der Waals surface area contributed by atoms with Crippen LogP contribution in [-0.4, -0.2) is 44.0 Å². The molecule has 1 aromatic heterocycles. The molecule has 2 aromatic carbocycles. The number of ether oxygens (including phenoxy) is 1. The van der Waals surface area contributed by atoms with Crippen LogP contribution in [0.5, 0.6) is 5.75 Å². The minimum atomic E-state index is -4.07. The molecular formula is C29H35N2O8S2+.